The smallest absolute Gasteiger partial charge is 0.330 e. The highest BCUT2D eigenvalue weighted by molar-refractivity contribution is 7.89. The van der Waals surface area contributed by atoms with Crippen LogP contribution in [0.1, 0.15) is 12.8 Å². The second-order valence-electron chi connectivity index (χ2n) is 4.74. The summed E-state index contributed by atoms with van der Waals surface area (Å²) >= 11 is 0. The van der Waals surface area contributed by atoms with E-state index >= 15 is 0 Å². The number of ether oxygens (including phenoxy) is 1. The maximum absolute atomic E-state index is 12.1. The van der Waals surface area contributed by atoms with Gasteiger partial charge in [-0.25, -0.2) is 17.9 Å². The van der Waals surface area contributed by atoms with Gasteiger partial charge in [-0.3, -0.25) is 9.36 Å². The van der Waals surface area contributed by atoms with Crippen molar-refractivity contribution < 1.29 is 13.2 Å². The fourth-order valence-corrected chi connectivity index (χ4v) is 3.27. The Morgan fingerprint density at radius 1 is 1.40 bits per heavy atom. The number of hydrogen-bond donors (Lipinski definition) is 1. The zero-order valence-electron chi connectivity index (χ0n) is 11.3. The first-order chi connectivity index (χ1) is 9.33. The molecule has 1 aliphatic heterocycles. The largest absolute Gasteiger partial charge is 0.377 e. The number of rotatable bonds is 4. The molecule has 1 aliphatic rings. The first-order valence-electron chi connectivity index (χ1n) is 6.21. The summed E-state index contributed by atoms with van der Waals surface area (Å²) < 4.78 is 33.7. The third kappa shape index (κ3) is 2.84. The predicted molar refractivity (Wildman–Crippen MR) is 71.1 cm³/mol. The molecule has 1 saturated heterocycles. The highest BCUT2D eigenvalue weighted by Gasteiger charge is 2.24. The van der Waals surface area contributed by atoms with E-state index in [-0.39, 0.29) is 12.6 Å². The van der Waals surface area contributed by atoms with Gasteiger partial charge in [0.1, 0.15) is 0 Å². The number of nitrogens with zero attached hydrogens (tertiary/aromatic N) is 2. The molecule has 1 aromatic rings. The number of sulfonamides is 1. The Morgan fingerprint density at radius 2 is 2.10 bits per heavy atom. The van der Waals surface area contributed by atoms with Gasteiger partial charge in [-0.05, 0) is 12.8 Å². The molecule has 2 rings (SSSR count). The van der Waals surface area contributed by atoms with Crippen LogP contribution in [0.25, 0.3) is 0 Å². The van der Waals surface area contributed by atoms with Gasteiger partial charge in [0, 0.05) is 33.4 Å². The van der Waals surface area contributed by atoms with E-state index in [2.05, 4.69) is 4.72 Å². The molecular formula is C11H17N3O5S. The lowest BCUT2D eigenvalue weighted by Crippen LogP contribution is -2.42. The normalized spacial score (nSPS) is 19.4. The maximum Gasteiger partial charge on any atom is 0.330 e. The van der Waals surface area contributed by atoms with Crippen molar-refractivity contribution in [1.82, 2.24) is 13.9 Å². The average Bonchev–Trinajstić information content (AvgIpc) is 2.91. The summed E-state index contributed by atoms with van der Waals surface area (Å²) in [5.74, 6) is 0. The topological polar surface area (TPSA) is 99.4 Å². The monoisotopic (exact) mass is 303 g/mol. The average molecular weight is 303 g/mol. The molecule has 1 atom stereocenters. The predicted octanol–water partition coefficient (Wildman–Crippen LogP) is -1.46. The van der Waals surface area contributed by atoms with Gasteiger partial charge >= 0.3 is 5.69 Å². The molecule has 8 nitrogen and oxygen atoms in total. The van der Waals surface area contributed by atoms with Crippen molar-refractivity contribution in [3.8, 4) is 0 Å². The summed E-state index contributed by atoms with van der Waals surface area (Å²) in [6, 6.07) is 0. The van der Waals surface area contributed by atoms with E-state index in [0.717, 1.165) is 28.2 Å². The van der Waals surface area contributed by atoms with E-state index in [1.807, 2.05) is 0 Å². The van der Waals surface area contributed by atoms with Crippen LogP contribution in [0, 0.1) is 0 Å². The second kappa shape index (κ2) is 5.51. The van der Waals surface area contributed by atoms with Crippen LogP contribution >= 0.6 is 0 Å². The van der Waals surface area contributed by atoms with Gasteiger partial charge in [-0.15, -0.1) is 0 Å². The van der Waals surface area contributed by atoms with Crippen LogP contribution in [0.3, 0.4) is 0 Å². The van der Waals surface area contributed by atoms with Crippen molar-refractivity contribution in [2.75, 3.05) is 13.2 Å². The molecule has 9 heteroatoms. The molecule has 0 amide bonds. The van der Waals surface area contributed by atoms with Gasteiger partial charge in [0.2, 0.25) is 10.0 Å². The van der Waals surface area contributed by atoms with Crippen LogP contribution in [0.5, 0.6) is 0 Å². The molecule has 0 radical (unpaired) electrons. The molecule has 0 aliphatic carbocycles. The van der Waals surface area contributed by atoms with E-state index in [4.69, 9.17) is 4.74 Å². The van der Waals surface area contributed by atoms with Crippen LogP contribution in [-0.2, 0) is 28.9 Å². The summed E-state index contributed by atoms with van der Waals surface area (Å²) in [5, 5.41) is 0. The second-order valence-corrected chi connectivity index (χ2v) is 6.47. The van der Waals surface area contributed by atoms with E-state index in [9.17, 15) is 18.0 Å². The summed E-state index contributed by atoms with van der Waals surface area (Å²) in [4.78, 5) is 23.0. The van der Waals surface area contributed by atoms with Crippen molar-refractivity contribution in [3.63, 3.8) is 0 Å². The standard InChI is InChI=1S/C11H17N3O5S/c1-13-7-9(10(15)14(2)11(13)16)20(17,18)12-6-8-4-3-5-19-8/h7-8,12H,3-6H2,1-2H3/t8-/m0/s1. The molecule has 0 spiro atoms. The third-order valence-electron chi connectivity index (χ3n) is 3.23. The van der Waals surface area contributed by atoms with Gasteiger partial charge in [0.25, 0.3) is 5.56 Å². The number of aromatic nitrogens is 2. The molecular weight excluding hydrogens is 286 g/mol. The summed E-state index contributed by atoms with van der Waals surface area (Å²) in [6.07, 6.45) is 2.55. The lowest BCUT2D eigenvalue weighted by molar-refractivity contribution is 0.114. The molecule has 1 N–H and O–H groups in total. The molecule has 0 unspecified atom stereocenters. The fourth-order valence-electron chi connectivity index (χ4n) is 2.05. The molecule has 0 aromatic carbocycles. The Bertz CT molecular complexity index is 713. The Balaban J connectivity index is 2.30. The fraction of sp³-hybridized carbons (Fsp3) is 0.636. The van der Waals surface area contributed by atoms with E-state index < -0.39 is 26.2 Å². The van der Waals surface area contributed by atoms with E-state index in [1.54, 1.807) is 0 Å². The molecule has 0 bridgehead atoms. The summed E-state index contributed by atoms with van der Waals surface area (Å²) in [7, 11) is -1.33. The number of nitrogens with one attached hydrogen (secondary N) is 1. The lowest BCUT2D eigenvalue weighted by atomic mass is 10.2. The zero-order chi connectivity index (χ0) is 14.9. The Morgan fingerprint density at radius 3 is 2.70 bits per heavy atom. The maximum atomic E-state index is 12.1. The van der Waals surface area contributed by atoms with Crippen molar-refractivity contribution in [1.29, 1.82) is 0 Å². The number of hydrogen-bond acceptors (Lipinski definition) is 5. The molecule has 0 saturated carbocycles. The molecule has 112 valence electrons. The minimum absolute atomic E-state index is 0.119. The Hall–Kier alpha value is -1.45. The highest BCUT2D eigenvalue weighted by atomic mass is 32.2. The highest BCUT2D eigenvalue weighted by Crippen LogP contribution is 2.11. The first-order valence-corrected chi connectivity index (χ1v) is 7.69. The van der Waals surface area contributed by atoms with Crippen molar-refractivity contribution in [3.05, 3.63) is 27.0 Å². The minimum atomic E-state index is -3.96. The quantitative estimate of drug-likeness (QED) is 0.733. The van der Waals surface area contributed by atoms with Crippen LogP contribution in [0.15, 0.2) is 20.7 Å². The van der Waals surface area contributed by atoms with Gasteiger partial charge in [-0.2, -0.15) is 0 Å². The van der Waals surface area contributed by atoms with Gasteiger partial charge in [0.05, 0.1) is 6.10 Å². The molecule has 1 fully saturated rings. The van der Waals surface area contributed by atoms with Crippen molar-refractivity contribution in [2.45, 2.75) is 23.8 Å². The van der Waals surface area contributed by atoms with Gasteiger partial charge < -0.3 is 9.30 Å². The lowest BCUT2D eigenvalue weighted by Gasteiger charge is -2.12. The van der Waals surface area contributed by atoms with Crippen LogP contribution in [-0.4, -0.2) is 36.8 Å². The first kappa shape index (κ1) is 14.9. The van der Waals surface area contributed by atoms with E-state index in [0.29, 0.717) is 6.61 Å². The Labute approximate surface area is 116 Å². The third-order valence-corrected chi connectivity index (χ3v) is 4.64. The zero-order valence-corrected chi connectivity index (χ0v) is 12.1. The van der Waals surface area contributed by atoms with Gasteiger partial charge in [0.15, 0.2) is 4.90 Å². The molecule has 2 heterocycles. The van der Waals surface area contributed by atoms with Crippen LogP contribution < -0.4 is 16.0 Å². The van der Waals surface area contributed by atoms with Gasteiger partial charge in [-0.1, -0.05) is 0 Å². The Kier molecular flexibility index (Phi) is 4.11. The summed E-state index contributed by atoms with van der Waals surface area (Å²) in [6.45, 7) is 0.738. The molecule has 1 aromatic heterocycles. The van der Waals surface area contributed by atoms with Crippen LogP contribution in [0.4, 0.5) is 0 Å². The van der Waals surface area contributed by atoms with E-state index in [1.165, 1.54) is 14.1 Å². The van der Waals surface area contributed by atoms with Crippen LogP contribution in [0.2, 0.25) is 0 Å². The SMILES string of the molecule is Cn1cc(S(=O)(=O)NC[C@@H]2CCCO2)c(=O)n(C)c1=O. The van der Waals surface area contributed by atoms with Crippen molar-refractivity contribution in [2.24, 2.45) is 14.1 Å². The summed E-state index contributed by atoms with van der Waals surface area (Å²) in [5.41, 5.74) is -1.42. The minimum Gasteiger partial charge on any atom is -0.377 e. The molecule has 20 heavy (non-hydrogen) atoms. The number of aryl methyl sites for hydroxylation is 1. The van der Waals surface area contributed by atoms with Crippen molar-refractivity contribution >= 4 is 10.0 Å².